The van der Waals surface area contributed by atoms with Gasteiger partial charge in [-0.2, -0.15) is 0 Å². The molecule has 0 amide bonds. The van der Waals surface area contributed by atoms with E-state index in [4.69, 9.17) is 4.74 Å². The van der Waals surface area contributed by atoms with E-state index in [2.05, 4.69) is 4.99 Å². The topological polar surface area (TPSA) is 38.7 Å². The van der Waals surface area contributed by atoms with Gasteiger partial charge >= 0.3 is 5.97 Å². The van der Waals surface area contributed by atoms with Crippen LogP contribution in [-0.2, 0) is 9.53 Å². The summed E-state index contributed by atoms with van der Waals surface area (Å²) < 4.78 is 4.89. The van der Waals surface area contributed by atoms with Crippen molar-refractivity contribution in [2.45, 2.75) is 0 Å². The third-order valence-corrected chi connectivity index (χ3v) is 3.18. The quantitative estimate of drug-likeness (QED) is 0.702. The summed E-state index contributed by atoms with van der Waals surface area (Å²) in [5.74, 6) is -0.296. The van der Waals surface area contributed by atoms with Gasteiger partial charge in [-0.1, -0.05) is 24.3 Å². The SMILES string of the molecule is COC(=O)C12C=NC=C1C=c1ccccc1=C2.Cl. The Morgan fingerprint density at radius 1 is 1.28 bits per heavy atom. The molecule has 0 fully saturated rings. The van der Waals surface area contributed by atoms with Crippen molar-refractivity contribution in [2.75, 3.05) is 7.11 Å². The second kappa shape index (κ2) is 4.42. The predicted molar refractivity (Wildman–Crippen MR) is 72.9 cm³/mol. The first-order valence-corrected chi connectivity index (χ1v) is 5.39. The number of fused-ring (bicyclic) bond motifs is 2. The lowest BCUT2D eigenvalue weighted by atomic mass is 9.78. The molecule has 0 saturated carbocycles. The summed E-state index contributed by atoms with van der Waals surface area (Å²) in [6, 6.07) is 7.94. The number of nitrogens with zero attached hydrogens (tertiary/aromatic N) is 1. The van der Waals surface area contributed by atoms with E-state index in [0.717, 1.165) is 16.0 Å². The first-order chi connectivity index (χ1) is 8.26. The van der Waals surface area contributed by atoms with Crippen molar-refractivity contribution >= 4 is 36.7 Å². The normalized spacial score (nSPS) is 22.6. The van der Waals surface area contributed by atoms with Gasteiger partial charge in [-0.15, -0.1) is 12.4 Å². The number of hydrogen-bond donors (Lipinski definition) is 0. The van der Waals surface area contributed by atoms with Crippen molar-refractivity contribution in [3.63, 3.8) is 0 Å². The molecular weight excluding hydrogens is 250 g/mol. The molecule has 1 aromatic rings. The Hall–Kier alpha value is -1.87. The van der Waals surface area contributed by atoms with Gasteiger partial charge in [-0.3, -0.25) is 9.79 Å². The predicted octanol–water partition coefficient (Wildman–Crippen LogP) is 0.811. The highest BCUT2D eigenvalue weighted by Crippen LogP contribution is 2.35. The van der Waals surface area contributed by atoms with Gasteiger partial charge in [-0.25, -0.2) is 0 Å². The van der Waals surface area contributed by atoms with Gasteiger partial charge in [0.05, 0.1) is 7.11 Å². The molecular formula is C14H12ClNO2. The molecule has 1 aliphatic carbocycles. The Morgan fingerprint density at radius 3 is 2.72 bits per heavy atom. The zero-order chi connectivity index (χ0) is 11.9. The summed E-state index contributed by atoms with van der Waals surface area (Å²) in [4.78, 5) is 16.1. The number of esters is 1. The van der Waals surface area contributed by atoms with E-state index in [0.29, 0.717) is 0 Å². The largest absolute Gasteiger partial charge is 0.468 e. The van der Waals surface area contributed by atoms with Crippen LogP contribution in [0.15, 0.2) is 41.0 Å². The van der Waals surface area contributed by atoms with E-state index in [1.165, 1.54) is 7.11 Å². The van der Waals surface area contributed by atoms with Gasteiger partial charge in [0, 0.05) is 12.4 Å². The van der Waals surface area contributed by atoms with E-state index < -0.39 is 5.41 Å². The number of rotatable bonds is 1. The summed E-state index contributed by atoms with van der Waals surface area (Å²) in [5.41, 5.74) is 0.0337. The molecule has 1 unspecified atom stereocenters. The molecule has 4 heteroatoms. The maximum Gasteiger partial charge on any atom is 0.325 e. The number of benzene rings is 1. The molecule has 0 bridgehead atoms. The van der Waals surface area contributed by atoms with Gasteiger partial charge in [-0.05, 0) is 28.2 Å². The maximum absolute atomic E-state index is 12.0. The molecule has 18 heavy (non-hydrogen) atoms. The lowest BCUT2D eigenvalue weighted by Crippen LogP contribution is -2.40. The Kier molecular flexibility index (Phi) is 3.09. The number of ether oxygens (including phenoxy) is 1. The fourth-order valence-corrected chi connectivity index (χ4v) is 2.28. The summed E-state index contributed by atoms with van der Waals surface area (Å²) in [6.07, 6.45) is 7.25. The summed E-state index contributed by atoms with van der Waals surface area (Å²) in [5, 5.41) is 2.13. The van der Waals surface area contributed by atoms with Crippen LogP contribution in [-0.4, -0.2) is 19.3 Å². The number of carbonyl (C=O) groups excluding carboxylic acids is 1. The maximum atomic E-state index is 12.0. The molecule has 0 spiro atoms. The Labute approximate surface area is 111 Å². The summed E-state index contributed by atoms with van der Waals surface area (Å²) in [7, 11) is 1.40. The molecule has 0 N–H and O–H groups in total. The van der Waals surface area contributed by atoms with Crippen molar-refractivity contribution in [2.24, 2.45) is 10.4 Å². The summed E-state index contributed by atoms with van der Waals surface area (Å²) >= 11 is 0. The lowest BCUT2D eigenvalue weighted by molar-refractivity contribution is -0.143. The van der Waals surface area contributed by atoms with Crippen molar-refractivity contribution in [1.82, 2.24) is 0 Å². The molecule has 1 heterocycles. The molecule has 1 atom stereocenters. The van der Waals surface area contributed by atoms with Crippen LogP contribution in [0.5, 0.6) is 0 Å². The van der Waals surface area contributed by atoms with Crippen LogP contribution in [0.4, 0.5) is 0 Å². The highest BCUT2D eigenvalue weighted by Gasteiger charge is 2.42. The van der Waals surface area contributed by atoms with Gasteiger partial charge < -0.3 is 4.74 Å². The third-order valence-electron chi connectivity index (χ3n) is 3.18. The number of carbonyl (C=O) groups is 1. The van der Waals surface area contributed by atoms with Crippen molar-refractivity contribution in [3.05, 3.63) is 46.5 Å². The highest BCUT2D eigenvalue weighted by molar-refractivity contribution is 6.10. The summed E-state index contributed by atoms with van der Waals surface area (Å²) in [6.45, 7) is 0. The number of aliphatic imine (C=N–C) groups is 1. The van der Waals surface area contributed by atoms with Crippen LogP contribution in [0, 0.1) is 5.41 Å². The van der Waals surface area contributed by atoms with E-state index in [-0.39, 0.29) is 18.4 Å². The molecule has 0 saturated heterocycles. The van der Waals surface area contributed by atoms with Crippen LogP contribution in [0.2, 0.25) is 0 Å². The van der Waals surface area contributed by atoms with E-state index in [9.17, 15) is 4.79 Å². The molecule has 92 valence electrons. The first-order valence-electron chi connectivity index (χ1n) is 5.39. The number of hydrogen-bond acceptors (Lipinski definition) is 3. The monoisotopic (exact) mass is 261 g/mol. The third kappa shape index (κ3) is 1.59. The van der Waals surface area contributed by atoms with E-state index >= 15 is 0 Å². The highest BCUT2D eigenvalue weighted by atomic mass is 35.5. The number of halogens is 1. The zero-order valence-electron chi connectivity index (χ0n) is 9.79. The van der Waals surface area contributed by atoms with Crippen LogP contribution in [0.25, 0.3) is 12.2 Å². The smallest absolute Gasteiger partial charge is 0.325 e. The van der Waals surface area contributed by atoms with Crippen LogP contribution < -0.4 is 10.4 Å². The minimum absolute atomic E-state index is 0. The fraction of sp³-hybridized carbons (Fsp3) is 0.143. The first kappa shape index (κ1) is 12.6. The van der Waals surface area contributed by atoms with Gasteiger partial charge in [0.2, 0.25) is 0 Å². The minimum atomic E-state index is -0.830. The Morgan fingerprint density at radius 2 is 2.00 bits per heavy atom. The van der Waals surface area contributed by atoms with Crippen LogP contribution >= 0.6 is 12.4 Å². The molecule has 0 aromatic heterocycles. The van der Waals surface area contributed by atoms with Crippen molar-refractivity contribution in [3.8, 4) is 0 Å². The standard InChI is InChI=1S/C14H11NO2.ClH/c1-17-13(16)14-7-11-5-3-2-4-10(11)6-12(14)8-15-9-14;/h2-9H,1H3;1H. The average Bonchev–Trinajstić information content (AvgIpc) is 2.78. The van der Waals surface area contributed by atoms with Crippen molar-refractivity contribution < 1.29 is 9.53 Å². The van der Waals surface area contributed by atoms with Gasteiger partial charge in [0.15, 0.2) is 0 Å². The lowest BCUT2D eigenvalue weighted by Gasteiger charge is -2.23. The fourth-order valence-electron chi connectivity index (χ4n) is 2.28. The molecule has 1 aliphatic heterocycles. The second-order valence-electron chi connectivity index (χ2n) is 4.14. The van der Waals surface area contributed by atoms with Crippen molar-refractivity contribution in [1.29, 1.82) is 0 Å². The molecule has 0 radical (unpaired) electrons. The second-order valence-corrected chi connectivity index (χ2v) is 4.14. The van der Waals surface area contributed by atoms with E-state index in [1.54, 1.807) is 12.4 Å². The molecule has 1 aromatic carbocycles. The minimum Gasteiger partial charge on any atom is -0.468 e. The van der Waals surface area contributed by atoms with Gasteiger partial charge in [0.25, 0.3) is 0 Å². The molecule has 2 aliphatic rings. The van der Waals surface area contributed by atoms with E-state index in [1.807, 2.05) is 36.4 Å². The Bertz CT molecular complexity index is 675. The van der Waals surface area contributed by atoms with Crippen LogP contribution in [0.1, 0.15) is 0 Å². The van der Waals surface area contributed by atoms with Crippen LogP contribution in [0.3, 0.4) is 0 Å². The average molecular weight is 262 g/mol. The molecule has 3 rings (SSSR count). The zero-order valence-corrected chi connectivity index (χ0v) is 10.6. The van der Waals surface area contributed by atoms with Gasteiger partial charge in [0.1, 0.15) is 5.41 Å². The Balaban J connectivity index is 0.00000120. The molecule has 3 nitrogen and oxygen atoms in total. The number of methoxy groups -OCH3 is 1.